The number of fused-ring (bicyclic) bond motifs is 1. The number of hydrogen-bond acceptors (Lipinski definition) is 6. The number of rotatable bonds is 10. The molecule has 1 saturated carbocycles. The Hall–Kier alpha value is -3.07. The lowest BCUT2D eigenvalue weighted by atomic mass is 10.1. The quantitative estimate of drug-likeness (QED) is 0.219. The third-order valence-corrected chi connectivity index (χ3v) is 7.47. The van der Waals surface area contributed by atoms with Crippen LogP contribution in [0.5, 0.6) is 11.6 Å². The molecule has 1 atom stereocenters. The third kappa shape index (κ3) is 5.67. The standard InChI is InChI=1S/C27H25Cl3N4O4/c1-15(26(35)36)7-10-37-18-4-5-19(21(30)12-18)23-33-22-24(31-14-32-25(22)38-27(2)8-9-27)34(23)13-16-11-17(28)3-6-20(16)29/h3-6,11-12,14-15H,7-10,13H2,1-2H3,(H,35,36). The lowest BCUT2D eigenvalue weighted by Gasteiger charge is -2.13. The van der Waals surface area contributed by atoms with Crippen molar-refractivity contribution in [1.29, 1.82) is 0 Å². The highest BCUT2D eigenvalue weighted by Crippen LogP contribution is 2.41. The van der Waals surface area contributed by atoms with Gasteiger partial charge in [-0.1, -0.05) is 41.7 Å². The van der Waals surface area contributed by atoms with Crippen LogP contribution >= 0.6 is 34.8 Å². The van der Waals surface area contributed by atoms with Gasteiger partial charge >= 0.3 is 5.97 Å². The van der Waals surface area contributed by atoms with Crippen molar-refractivity contribution >= 4 is 51.9 Å². The molecule has 0 aliphatic heterocycles. The second-order valence-electron chi connectivity index (χ2n) is 9.68. The van der Waals surface area contributed by atoms with E-state index in [2.05, 4.69) is 9.97 Å². The normalized spacial score (nSPS) is 14.9. The Morgan fingerprint density at radius 3 is 2.63 bits per heavy atom. The molecule has 1 unspecified atom stereocenters. The van der Waals surface area contributed by atoms with Crippen molar-refractivity contribution in [1.82, 2.24) is 19.5 Å². The van der Waals surface area contributed by atoms with Gasteiger partial charge in [0, 0.05) is 15.6 Å². The monoisotopic (exact) mass is 574 g/mol. The first-order valence-electron chi connectivity index (χ1n) is 12.1. The number of ether oxygens (including phenoxy) is 2. The molecule has 1 aliphatic carbocycles. The van der Waals surface area contributed by atoms with E-state index in [1.807, 2.05) is 17.6 Å². The summed E-state index contributed by atoms with van der Waals surface area (Å²) in [6.07, 6.45) is 3.73. The lowest BCUT2D eigenvalue weighted by molar-refractivity contribution is -0.141. The lowest BCUT2D eigenvalue weighted by Crippen LogP contribution is -2.13. The summed E-state index contributed by atoms with van der Waals surface area (Å²) in [4.78, 5) is 24.8. The van der Waals surface area contributed by atoms with Crippen molar-refractivity contribution in [3.63, 3.8) is 0 Å². The van der Waals surface area contributed by atoms with Crippen LogP contribution in [0.2, 0.25) is 15.1 Å². The van der Waals surface area contributed by atoms with Crippen LogP contribution in [0, 0.1) is 5.92 Å². The minimum absolute atomic E-state index is 0.254. The Bertz CT molecular complexity index is 1520. The average molecular weight is 576 g/mol. The topological polar surface area (TPSA) is 99.4 Å². The highest BCUT2D eigenvalue weighted by atomic mass is 35.5. The molecule has 1 fully saturated rings. The number of halogens is 3. The molecule has 5 rings (SSSR count). The summed E-state index contributed by atoms with van der Waals surface area (Å²) in [5.74, 6) is 0.137. The first-order valence-corrected chi connectivity index (χ1v) is 13.3. The van der Waals surface area contributed by atoms with Gasteiger partial charge in [-0.2, -0.15) is 4.98 Å². The van der Waals surface area contributed by atoms with Crippen molar-refractivity contribution in [3.05, 3.63) is 63.4 Å². The van der Waals surface area contributed by atoms with E-state index in [4.69, 9.17) is 54.4 Å². The van der Waals surface area contributed by atoms with Gasteiger partial charge in [0.25, 0.3) is 0 Å². The third-order valence-electron chi connectivity index (χ3n) is 6.55. The van der Waals surface area contributed by atoms with Crippen LogP contribution in [-0.4, -0.2) is 42.8 Å². The van der Waals surface area contributed by atoms with Gasteiger partial charge in [0.05, 0.1) is 24.1 Å². The van der Waals surface area contributed by atoms with Crippen LogP contribution in [0.3, 0.4) is 0 Å². The van der Waals surface area contributed by atoms with Crippen molar-refractivity contribution in [2.75, 3.05) is 6.61 Å². The fraction of sp³-hybridized carbons (Fsp3) is 0.333. The van der Waals surface area contributed by atoms with Crippen LogP contribution < -0.4 is 9.47 Å². The number of benzene rings is 2. The average Bonchev–Trinajstić information content (AvgIpc) is 3.49. The number of aliphatic carboxylic acids is 1. The maximum Gasteiger partial charge on any atom is 0.306 e. The van der Waals surface area contributed by atoms with Gasteiger partial charge in [-0.15, -0.1) is 0 Å². The van der Waals surface area contributed by atoms with E-state index in [-0.39, 0.29) is 12.2 Å². The van der Waals surface area contributed by atoms with Gasteiger partial charge < -0.3 is 19.1 Å². The smallest absolute Gasteiger partial charge is 0.306 e. The number of imidazole rings is 1. The van der Waals surface area contributed by atoms with Gasteiger partial charge in [-0.25, -0.2) is 9.97 Å². The first kappa shape index (κ1) is 26.5. The second kappa shape index (κ2) is 10.6. The van der Waals surface area contributed by atoms with E-state index >= 15 is 0 Å². The van der Waals surface area contributed by atoms with Crippen molar-refractivity contribution in [2.24, 2.45) is 5.92 Å². The van der Waals surface area contributed by atoms with Crippen molar-refractivity contribution in [2.45, 2.75) is 45.3 Å². The SMILES string of the molecule is CC(CCOc1ccc(-c2nc3c(OC4(C)CC4)ncnc3n2Cc2cc(Cl)ccc2Cl)c(Cl)c1)C(=O)O. The fourth-order valence-corrected chi connectivity index (χ4v) is 4.56. The number of nitrogens with zero attached hydrogens (tertiary/aromatic N) is 4. The van der Waals surface area contributed by atoms with E-state index in [1.165, 1.54) is 6.33 Å². The molecule has 2 aromatic carbocycles. The molecule has 2 heterocycles. The number of aromatic nitrogens is 4. The summed E-state index contributed by atoms with van der Waals surface area (Å²) < 4.78 is 13.8. The summed E-state index contributed by atoms with van der Waals surface area (Å²) in [5.41, 5.74) is 2.28. The van der Waals surface area contributed by atoms with Crippen molar-refractivity contribution < 1.29 is 19.4 Å². The minimum Gasteiger partial charge on any atom is -0.494 e. The molecule has 4 aromatic rings. The van der Waals surface area contributed by atoms with Crippen LogP contribution in [0.1, 0.15) is 38.7 Å². The Morgan fingerprint density at radius 2 is 1.92 bits per heavy atom. The first-order chi connectivity index (χ1) is 18.1. The van der Waals surface area contributed by atoms with Gasteiger partial charge in [-0.3, -0.25) is 4.79 Å². The molecular weight excluding hydrogens is 551 g/mol. The molecule has 0 radical (unpaired) electrons. The Labute approximate surface area is 234 Å². The van der Waals surface area contributed by atoms with Gasteiger partial charge in [-0.05, 0) is 68.1 Å². The van der Waals surface area contributed by atoms with Crippen molar-refractivity contribution in [3.8, 4) is 23.0 Å². The van der Waals surface area contributed by atoms with Crippen LogP contribution in [0.25, 0.3) is 22.6 Å². The Kier molecular flexibility index (Phi) is 7.40. The molecule has 38 heavy (non-hydrogen) atoms. The largest absolute Gasteiger partial charge is 0.494 e. The van der Waals surface area contributed by atoms with Crippen LogP contribution in [0.4, 0.5) is 0 Å². The molecule has 0 amide bonds. The number of carboxylic acid groups (broad SMARTS) is 1. The molecule has 198 valence electrons. The molecule has 11 heteroatoms. The zero-order valence-corrected chi connectivity index (χ0v) is 23.0. The number of carbonyl (C=O) groups is 1. The molecule has 2 aromatic heterocycles. The van der Waals surface area contributed by atoms with E-state index in [9.17, 15) is 4.79 Å². The summed E-state index contributed by atoms with van der Waals surface area (Å²) in [6, 6.07) is 10.6. The van der Waals surface area contributed by atoms with E-state index < -0.39 is 11.9 Å². The second-order valence-corrected chi connectivity index (χ2v) is 10.9. The molecular formula is C27H25Cl3N4O4. The van der Waals surface area contributed by atoms with E-state index in [0.717, 1.165) is 18.4 Å². The molecule has 0 spiro atoms. The highest BCUT2D eigenvalue weighted by Gasteiger charge is 2.41. The zero-order chi connectivity index (χ0) is 27.0. The predicted molar refractivity (Wildman–Crippen MR) is 147 cm³/mol. The van der Waals surface area contributed by atoms with Gasteiger partial charge in [0.1, 0.15) is 23.5 Å². The number of hydrogen-bond donors (Lipinski definition) is 1. The predicted octanol–water partition coefficient (Wildman–Crippen LogP) is 6.92. The zero-order valence-electron chi connectivity index (χ0n) is 20.7. The molecule has 8 nitrogen and oxygen atoms in total. The van der Waals surface area contributed by atoms with Crippen LogP contribution in [0.15, 0.2) is 42.7 Å². The summed E-state index contributed by atoms with van der Waals surface area (Å²) >= 11 is 19.5. The van der Waals surface area contributed by atoms with Crippen LogP contribution in [-0.2, 0) is 11.3 Å². The molecule has 1 aliphatic rings. The summed E-state index contributed by atoms with van der Waals surface area (Å²) in [7, 11) is 0. The Balaban J connectivity index is 1.54. The molecule has 1 N–H and O–H groups in total. The minimum atomic E-state index is -0.859. The maximum absolute atomic E-state index is 11.1. The summed E-state index contributed by atoms with van der Waals surface area (Å²) in [6.45, 7) is 4.27. The number of carboxylic acids is 1. The van der Waals surface area contributed by atoms with E-state index in [0.29, 0.717) is 62.2 Å². The molecule has 0 saturated heterocycles. The fourth-order valence-electron chi connectivity index (χ4n) is 3.94. The van der Waals surface area contributed by atoms with Gasteiger partial charge in [0.15, 0.2) is 11.2 Å². The molecule has 0 bridgehead atoms. The Morgan fingerprint density at radius 1 is 1.13 bits per heavy atom. The van der Waals surface area contributed by atoms with E-state index in [1.54, 1.807) is 37.3 Å². The highest BCUT2D eigenvalue weighted by molar-refractivity contribution is 6.34. The maximum atomic E-state index is 11.1. The summed E-state index contributed by atoms with van der Waals surface area (Å²) in [5, 5.41) is 10.6. The van der Waals surface area contributed by atoms with Gasteiger partial charge in [0.2, 0.25) is 5.88 Å².